The van der Waals surface area contributed by atoms with Gasteiger partial charge in [0.25, 0.3) is 0 Å². The molecular weight excluding hydrogens is 362 g/mol. The topological polar surface area (TPSA) is 31.4 Å². The molecule has 0 fully saturated rings. The number of rotatable bonds is 3. The van der Waals surface area contributed by atoms with Crippen molar-refractivity contribution in [1.29, 1.82) is 0 Å². The van der Waals surface area contributed by atoms with Gasteiger partial charge in [0, 0.05) is 6.20 Å². The average Bonchev–Trinajstić information content (AvgIpc) is 2.34. The van der Waals surface area contributed by atoms with E-state index in [1.54, 1.807) is 12.1 Å². The first-order valence-corrected chi connectivity index (χ1v) is 6.36. The van der Waals surface area contributed by atoms with Crippen molar-refractivity contribution in [3.63, 3.8) is 0 Å². The predicted molar refractivity (Wildman–Crippen MR) is 70.1 cm³/mol. The van der Waals surface area contributed by atoms with E-state index in [4.69, 9.17) is 16.3 Å². The van der Waals surface area contributed by atoms with Crippen molar-refractivity contribution in [3.8, 4) is 17.4 Å². The zero-order chi connectivity index (χ0) is 14.8. The Morgan fingerprint density at radius 1 is 1.20 bits per heavy atom. The first-order valence-electron chi connectivity index (χ1n) is 5.19. The second kappa shape index (κ2) is 5.88. The fourth-order valence-corrected chi connectivity index (χ4v) is 1.91. The van der Waals surface area contributed by atoms with Gasteiger partial charge in [-0.05, 0) is 46.3 Å². The molecule has 20 heavy (non-hydrogen) atoms. The fraction of sp³-hybridized carbons (Fsp3) is 0.0833. The molecule has 0 bridgehead atoms. The number of halogens is 5. The summed E-state index contributed by atoms with van der Waals surface area (Å²) < 4.78 is 45.6. The Bertz CT molecular complexity index is 622. The van der Waals surface area contributed by atoms with Gasteiger partial charge in [0.2, 0.25) is 5.88 Å². The maximum absolute atomic E-state index is 12.1. The maximum Gasteiger partial charge on any atom is 0.573 e. The lowest BCUT2D eigenvalue weighted by molar-refractivity contribution is -0.274. The summed E-state index contributed by atoms with van der Waals surface area (Å²) >= 11 is 8.83. The molecule has 0 N–H and O–H groups in total. The van der Waals surface area contributed by atoms with Crippen LogP contribution in [0.1, 0.15) is 0 Å². The van der Waals surface area contributed by atoms with Crippen molar-refractivity contribution in [2.45, 2.75) is 6.36 Å². The highest BCUT2D eigenvalue weighted by molar-refractivity contribution is 9.10. The largest absolute Gasteiger partial charge is 0.573 e. The van der Waals surface area contributed by atoms with Gasteiger partial charge in [-0.15, -0.1) is 13.2 Å². The number of aromatic nitrogens is 1. The summed E-state index contributed by atoms with van der Waals surface area (Å²) in [4.78, 5) is 3.90. The van der Waals surface area contributed by atoms with Gasteiger partial charge in [-0.1, -0.05) is 11.6 Å². The van der Waals surface area contributed by atoms with E-state index in [1.165, 1.54) is 18.3 Å². The van der Waals surface area contributed by atoms with Crippen LogP contribution >= 0.6 is 27.5 Å². The summed E-state index contributed by atoms with van der Waals surface area (Å²) in [5.74, 6) is 0.0644. The molecule has 3 nitrogen and oxygen atoms in total. The predicted octanol–water partition coefficient (Wildman–Crippen LogP) is 5.19. The molecule has 0 saturated carbocycles. The number of alkyl halides is 3. The highest BCUT2D eigenvalue weighted by Gasteiger charge is 2.32. The Hall–Kier alpha value is -1.47. The first kappa shape index (κ1) is 14.9. The van der Waals surface area contributed by atoms with Gasteiger partial charge in [0.05, 0.1) is 4.47 Å². The van der Waals surface area contributed by atoms with Crippen LogP contribution in [0.5, 0.6) is 17.4 Å². The molecule has 0 aliphatic heterocycles. The number of nitrogens with zero attached hydrogens (tertiary/aromatic N) is 1. The van der Waals surface area contributed by atoms with Gasteiger partial charge < -0.3 is 9.47 Å². The molecular formula is C12H6BrClF3NO2. The highest BCUT2D eigenvalue weighted by Crippen LogP contribution is 2.35. The third-order valence-corrected chi connectivity index (χ3v) is 2.98. The van der Waals surface area contributed by atoms with Crippen molar-refractivity contribution in [1.82, 2.24) is 4.98 Å². The first-order chi connectivity index (χ1) is 9.35. The third-order valence-electron chi connectivity index (χ3n) is 2.07. The van der Waals surface area contributed by atoms with Gasteiger partial charge >= 0.3 is 6.36 Å². The molecule has 0 aliphatic carbocycles. The summed E-state index contributed by atoms with van der Waals surface area (Å²) in [6.07, 6.45) is -3.27. The van der Waals surface area contributed by atoms with Gasteiger partial charge in [0.1, 0.15) is 16.5 Å². The SMILES string of the molecule is FC(F)(F)Oc1ccc(Oc2ncccc2Cl)cc1Br. The summed E-state index contributed by atoms with van der Waals surface area (Å²) in [6.45, 7) is 0. The normalized spacial score (nSPS) is 11.2. The minimum absolute atomic E-state index is 0.0966. The molecule has 1 aromatic carbocycles. The Morgan fingerprint density at radius 3 is 2.55 bits per heavy atom. The second-order valence-electron chi connectivity index (χ2n) is 3.53. The van der Waals surface area contributed by atoms with Crippen molar-refractivity contribution < 1.29 is 22.6 Å². The van der Waals surface area contributed by atoms with Crippen LogP contribution in [0.15, 0.2) is 41.0 Å². The van der Waals surface area contributed by atoms with Crippen LogP contribution in [0.25, 0.3) is 0 Å². The maximum atomic E-state index is 12.1. The Morgan fingerprint density at radius 2 is 1.95 bits per heavy atom. The van der Waals surface area contributed by atoms with Crippen LogP contribution in [0, 0.1) is 0 Å². The number of pyridine rings is 1. The Balaban J connectivity index is 2.19. The molecule has 0 aliphatic rings. The van der Waals surface area contributed by atoms with Crippen molar-refractivity contribution in [2.75, 3.05) is 0 Å². The van der Waals surface area contributed by atoms with Gasteiger partial charge in [-0.25, -0.2) is 4.98 Å². The summed E-state index contributed by atoms with van der Waals surface area (Å²) in [5, 5.41) is 0.291. The molecule has 1 heterocycles. The fourth-order valence-electron chi connectivity index (χ4n) is 1.31. The molecule has 0 saturated heterocycles. The number of ether oxygens (including phenoxy) is 2. The average molecular weight is 369 g/mol. The lowest BCUT2D eigenvalue weighted by Gasteiger charge is -2.12. The van der Waals surface area contributed by atoms with Crippen LogP contribution in [0.4, 0.5) is 13.2 Å². The van der Waals surface area contributed by atoms with Crippen LogP contribution in [0.2, 0.25) is 5.02 Å². The van der Waals surface area contributed by atoms with Gasteiger partial charge in [-0.3, -0.25) is 0 Å². The van der Waals surface area contributed by atoms with Crippen molar-refractivity contribution in [3.05, 3.63) is 46.0 Å². The molecule has 0 atom stereocenters. The van der Waals surface area contributed by atoms with Gasteiger partial charge in [-0.2, -0.15) is 0 Å². The smallest absolute Gasteiger partial charge is 0.437 e. The van der Waals surface area contributed by atoms with Crippen molar-refractivity contribution >= 4 is 27.5 Å². The van der Waals surface area contributed by atoms with E-state index < -0.39 is 6.36 Å². The van der Waals surface area contributed by atoms with E-state index in [9.17, 15) is 13.2 Å². The molecule has 8 heteroatoms. The Kier molecular flexibility index (Phi) is 4.39. The molecule has 0 spiro atoms. The number of hydrogen-bond donors (Lipinski definition) is 0. The van der Waals surface area contributed by atoms with Crippen molar-refractivity contribution in [2.24, 2.45) is 0 Å². The third kappa shape index (κ3) is 4.01. The summed E-state index contributed by atoms with van der Waals surface area (Å²) in [7, 11) is 0. The van der Waals surface area contributed by atoms with E-state index in [0.29, 0.717) is 5.02 Å². The van der Waals surface area contributed by atoms with Crippen LogP contribution in [-0.4, -0.2) is 11.3 Å². The molecule has 106 valence electrons. The minimum Gasteiger partial charge on any atom is -0.437 e. The quantitative estimate of drug-likeness (QED) is 0.747. The molecule has 0 unspecified atom stereocenters. The summed E-state index contributed by atoms with van der Waals surface area (Å²) in [5.41, 5.74) is 0. The van der Waals surface area contributed by atoms with E-state index in [-0.39, 0.29) is 21.9 Å². The molecule has 2 aromatic rings. The lowest BCUT2D eigenvalue weighted by Crippen LogP contribution is -2.17. The molecule has 0 radical (unpaired) electrons. The van der Waals surface area contributed by atoms with Gasteiger partial charge in [0.15, 0.2) is 0 Å². The van der Waals surface area contributed by atoms with E-state index in [1.807, 2.05) is 0 Å². The minimum atomic E-state index is -4.75. The molecule has 2 rings (SSSR count). The molecule has 1 aromatic heterocycles. The van der Waals surface area contributed by atoms with E-state index in [0.717, 1.165) is 6.07 Å². The number of hydrogen-bond acceptors (Lipinski definition) is 3. The zero-order valence-electron chi connectivity index (χ0n) is 9.62. The second-order valence-corrected chi connectivity index (χ2v) is 4.79. The Labute approximate surface area is 125 Å². The zero-order valence-corrected chi connectivity index (χ0v) is 12.0. The van der Waals surface area contributed by atoms with Crippen LogP contribution in [-0.2, 0) is 0 Å². The van der Waals surface area contributed by atoms with Crippen LogP contribution in [0.3, 0.4) is 0 Å². The summed E-state index contributed by atoms with van der Waals surface area (Å²) in [6, 6.07) is 6.98. The molecule has 0 amide bonds. The monoisotopic (exact) mass is 367 g/mol. The van der Waals surface area contributed by atoms with E-state index in [2.05, 4.69) is 25.7 Å². The van der Waals surface area contributed by atoms with E-state index >= 15 is 0 Å². The lowest BCUT2D eigenvalue weighted by atomic mass is 10.3. The van der Waals surface area contributed by atoms with Crippen LogP contribution < -0.4 is 9.47 Å². The number of benzene rings is 1. The highest BCUT2D eigenvalue weighted by atomic mass is 79.9. The standard InChI is InChI=1S/C12H6BrClF3NO2/c13-8-6-7(3-4-10(8)20-12(15,16)17)19-11-9(14)2-1-5-18-11/h1-6H.